The Labute approximate surface area is 106 Å². The smallest absolute Gasteiger partial charge is 0.338 e. The van der Waals surface area contributed by atoms with Gasteiger partial charge in [-0.25, -0.2) is 9.18 Å². The molecule has 0 saturated heterocycles. The molecule has 0 spiro atoms. The maximum atomic E-state index is 13.3. The van der Waals surface area contributed by atoms with Crippen molar-refractivity contribution in [1.29, 1.82) is 0 Å². The first-order valence-electron chi connectivity index (χ1n) is 6.41. The Morgan fingerprint density at radius 3 is 2.94 bits per heavy atom. The Bertz CT molecular complexity index is 447. The highest BCUT2D eigenvalue weighted by Gasteiger charge is 2.25. The molecule has 2 atom stereocenters. The average Bonchev–Trinajstić information content (AvgIpc) is 2.78. The van der Waals surface area contributed by atoms with Gasteiger partial charge in [-0.15, -0.1) is 0 Å². The van der Waals surface area contributed by atoms with Crippen LogP contribution < -0.4 is 5.32 Å². The molecule has 18 heavy (non-hydrogen) atoms. The lowest BCUT2D eigenvalue weighted by atomic mass is 10.0. The lowest BCUT2D eigenvalue weighted by Gasteiger charge is -2.21. The van der Waals surface area contributed by atoms with Crippen LogP contribution in [-0.2, 0) is 0 Å². The van der Waals surface area contributed by atoms with Gasteiger partial charge in [0.25, 0.3) is 0 Å². The van der Waals surface area contributed by atoms with E-state index in [1.54, 1.807) is 6.07 Å². The van der Waals surface area contributed by atoms with Crippen LogP contribution in [0, 0.1) is 11.7 Å². The highest BCUT2D eigenvalue weighted by atomic mass is 19.1. The second-order valence-corrected chi connectivity index (χ2v) is 4.85. The Morgan fingerprint density at radius 2 is 2.28 bits per heavy atom. The van der Waals surface area contributed by atoms with Gasteiger partial charge < -0.3 is 10.4 Å². The van der Waals surface area contributed by atoms with Crippen molar-refractivity contribution in [3.63, 3.8) is 0 Å². The number of carboxylic acids is 1. The molecule has 3 nitrogen and oxygen atoms in total. The summed E-state index contributed by atoms with van der Waals surface area (Å²) in [6.07, 6.45) is 4.62. The number of carbonyl (C=O) groups is 1. The number of hydrogen-bond donors (Lipinski definition) is 2. The molecule has 1 aromatic rings. The molecule has 0 heterocycles. The molecule has 1 fully saturated rings. The number of aromatic carboxylic acids is 1. The van der Waals surface area contributed by atoms with Gasteiger partial charge in [0, 0.05) is 11.7 Å². The molecule has 2 rings (SSSR count). The number of benzene rings is 1. The summed E-state index contributed by atoms with van der Waals surface area (Å²) in [5.41, 5.74) is 0.421. The van der Waals surface area contributed by atoms with Crippen LogP contribution in [0.25, 0.3) is 0 Å². The molecule has 0 bridgehead atoms. The fraction of sp³-hybridized carbons (Fsp3) is 0.500. The first-order valence-corrected chi connectivity index (χ1v) is 6.41. The van der Waals surface area contributed by atoms with Crippen LogP contribution in [-0.4, -0.2) is 17.1 Å². The molecule has 0 amide bonds. The third kappa shape index (κ3) is 2.63. The van der Waals surface area contributed by atoms with Gasteiger partial charge in [-0.3, -0.25) is 0 Å². The monoisotopic (exact) mass is 251 g/mol. The molecule has 1 aliphatic rings. The lowest BCUT2D eigenvalue weighted by Crippen LogP contribution is -2.23. The zero-order valence-electron chi connectivity index (χ0n) is 10.4. The van der Waals surface area contributed by atoms with E-state index in [1.807, 2.05) is 0 Å². The molecule has 4 heteroatoms. The van der Waals surface area contributed by atoms with Gasteiger partial charge in [0.15, 0.2) is 0 Å². The number of carboxylic acid groups (broad SMARTS) is 1. The van der Waals surface area contributed by atoms with Gasteiger partial charge in [-0.05, 0) is 37.0 Å². The average molecular weight is 251 g/mol. The molecule has 98 valence electrons. The van der Waals surface area contributed by atoms with Crippen LogP contribution in [0.15, 0.2) is 18.2 Å². The Morgan fingerprint density at radius 1 is 1.50 bits per heavy atom. The van der Waals surface area contributed by atoms with Crippen LogP contribution in [0.2, 0.25) is 0 Å². The highest BCUT2D eigenvalue weighted by Crippen LogP contribution is 2.31. The fourth-order valence-electron chi connectivity index (χ4n) is 2.71. The maximum absolute atomic E-state index is 13.3. The van der Waals surface area contributed by atoms with E-state index >= 15 is 0 Å². The quantitative estimate of drug-likeness (QED) is 0.860. The standard InChI is InChI=1S/C14H18FNO2/c1-2-9-4-3-5-13(9)16-10-6-7-12(15)11(8-10)14(17)18/h6-9,13,16H,2-5H2,1H3,(H,17,18). The second-order valence-electron chi connectivity index (χ2n) is 4.85. The summed E-state index contributed by atoms with van der Waals surface area (Å²) in [7, 11) is 0. The number of halogens is 1. The van der Waals surface area contributed by atoms with Gasteiger partial charge in [0.1, 0.15) is 5.82 Å². The van der Waals surface area contributed by atoms with E-state index in [9.17, 15) is 9.18 Å². The third-order valence-electron chi connectivity index (χ3n) is 3.73. The molecule has 1 saturated carbocycles. The Balaban J connectivity index is 2.14. The normalized spacial score (nSPS) is 23.0. The summed E-state index contributed by atoms with van der Waals surface area (Å²) < 4.78 is 13.3. The Hall–Kier alpha value is -1.58. The van der Waals surface area contributed by atoms with Crippen LogP contribution in [0.5, 0.6) is 0 Å². The number of nitrogens with one attached hydrogen (secondary N) is 1. The highest BCUT2D eigenvalue weighted by molar-refractivity contribution is 5.89. The summed E-state index contributed by atoms with van der Waals surface area (Å²) in [5.74, 6) is -1.29. The van der Waals surface area contributed by atoms with Gasteiger partial charge in [-0.1, -0.05) is 19.8 Å². The van der Waals surface area contributed by atoms with E-state index in [0.717, 1.165) is 12.8 Å². The first-order chi connectivity index (χ1) is 8.61. The minimum absolute atomic E-state index is 0.272. The third-order valence-corrected chi connectivity index (χ3v) is 3.73. The first kappa shape index (κ1) is 12.9. The van der Waals surface area contributed by atoms with Crippen molar-refractivity contribution in [1.82, 2.24) is 0 Å². The van der Waals surface area contributed by atoms with Crippen molar-refractivity contribution in [2.45, 2.75) is 38.6 Å². The van der Waals surface area contributed by atoms with Gasteiger partial charge in [-0.2, -0.15) is 0 Å². The van der Waals surface area contributed by atoms with Gasteiger partial charge in [0.05, 0.1) is 5.56 Å². The van der Waals surface area contributed by atoms with Crippen LogP contribution in [0.4, 0.5) is 10.1 Å². The minimum atomic E-state index is -1.23. The van der Waals surface area contributed by atoms with E-state index in [0.29, 0.717) is 17.6 Å². The van der Waals surface area contributed by atoms with Crippen molar-refractivity contribution >= 4 is 11.7 Å². The summed E-state index contributed by atoms with van der Waals surface area (Å²) in [6.45, 7) is 2.16. The molecule has 0 aromatic heterocycles. The molecule has 1 aromatic carbocycles. The lowest BCUT2D eigenvalue weighted by molar-refractivity contribution is 0.0692. The fourth-order valence-corrected chi connectivity index (χ4v) is 2.71. The van der Waals surface area contributed by atoms with Crippen molar-refractivity contribution in [2.75, 3.05) is 5.32 Å². The predicted molar refractivity (Wildman–Crippen MR) is 68.4 cm³/mol. The number of hydrogen-bond acceptors (Lipinski definition) is 2. The molecule has 2 unspecified atom stereocenters. The molecular weight excluding hydrogens is 233 g/mol. The van der Waals surface area contributed by atoms with Crippen LogP contribution in [0.3, 0.4) is 0 Å². The van der Waals surface area contributed by atoms with Crippen molar-refractivity contribution in [2.24, 2.45) is 5.92 Å². The van der Waals surface area contributed by atoms with Crippen molar-refractivity contribution in [3.05, 3.63) is 29.6 Å². The molecular formula is C14H18FNO2. The largest absolute Gasteiger partial charge is 0.478 e. The van der Waals surface area contributed by atoms with Crippen molar-refractivity contribution in [3.8, 4) is 0 Å². The van der Waals surface area contributed by atoms with Gasteiger partial charge >= 0.3 is 5.97 Å². The molecule has 0 aliphatic heterocycles. The summed E-state index contributed by atoms with van der Waals surface area (Å²) in [6, 6.07) is 4.57. The second kappa shape index (κ2) is 5.38. The summed E-state index contributed by atoms with van der Waals surface area (Å²) in [5, 5.41) is 12.2. The summed E-state index contributed by atoms with van der Waals surface area (Å²) >= 11 is 0. The summed E-state index contributed by atoms with van der Waals surface area (Å²) in [4.78, 5) is 10.9. The molecule has 2 N–H and O–H groups in total. The number of rotatable bonds is 4. The van der Waals surface area contributed by atoms with E-state index < -0.39 is 11.8 Å². The SMILES string of the molecule is CCC1CCCC1Nc1ccc(F)c(C(=O)O)c1. The van der Waals surface area contributed by atoms with E-state index in [2.05, 4.69) is 12.2 Å². The van der Waals surface area contributed by atoms with E-state index in [-0.39, 0.29) is 5.56 Å². The van der Waals surface area contributed by atoms with E-state index in [4.69, 9.17) is 5.11 Å². The Kier molecular flexibility index (Phi) is 3.84. The molecule has 0 radical (unpaired) electrons. The van der Waals surface area contributed by atoms with Crippen LogP contribution >= 0.6 is 0 Å². The maximum Gasteiger partial charge on any atom is 0.338 e. The van der Waals surface area contributed by atoms with E-state index in [1.165, 1.54) is 25.0 Å². The topological polar surface area (TPSA) is 49.3 Å². The molecule has 1 aliphatic carbocycles. The van der Waals surface area contributed by atoms with Crippen LogP contribution in [0.1, 0.15) is 43.0 Å². The number of anilines is 1. The zero-order valence-corrected chi connectivity index (χ0v) is 10.4. The van der Waals surface area contributed by atoms with Gasteiger partial charge in [0.2, 0.25) is 0 Å². The zero-order chi connectivity index (χ0) is 13.1. The minimum Gasteiger partial charge on any atom is -0.478 e. The van der Waals surface area contributed by atoms with Crippen molar-refractivity contribution < 1.29 is 14.3 Å². The predicted octanol–water partition coefficient (Wildman–Crippen LogP) is 3.51.